The summed E-state index contributed by atoms with van der Waals surface area (Å²) < 4.78 is 0. The van der Waals surface area contributed by atoms with Crippen molar-refractivity contribution >= 4 is 41.3 Å². The van der Waals surface area contributed by atoms with Crippen LogP contribution in [-0.2, 0) is 6.42 Å². The second-order valence-electron chi connectivity index (χ2n) is 6.53. The number of aromatic nitrogens is 1. The molecule has 0 radical (unpaired) electrons. The zero-order valence-corrected chi connectivity index (χ0v) is 19.0. The first-order valence-electron chi connectivity index (χ1n) is 9.32. The van der Waals surface area contributed by atoms with Crippen LogP contribution in [0.25, 0.3) is 0 Å². The molecule has 1 aromatic rings. The van der Waals surface area contributed by atoms with Gasteiger partial charge in [0.2, 0.25) is 0 Å². The Balaban J connectivity index is 0.00000312. The third kappa shape index (κ3) is 8.21. The van der Waals surface area contributed by atoms with Gasteiger partial charge in [0.1, 0.15) is 0 Å². The minimum atomic E-state index is 0. The zero-order valence-electron chi connectivity index (χ0n) is 15.9. The molecule has 1 unspecified atom stereocenters. The predicted molar refractivity (Wildman–Crippen MR) is 119 cm³/mol. The van der Waals surface area contributed by atoms with E-state index >= 15 is 0 Å². The van der Waals surface area contributed by atoms with Gasteiger partial charge in [-0.25, -0.2) is 4.98 Å². The Morgan fingerprint density at radius 2 is 2.24 bits per heavy atom. The van der Waals surface area contributed by atoms with E-state index in [0.717, 1.165) is 25.5 Å². The minimum Gasteiger partial charge on any atom is -0.356 e. The maximum atomic E-state index is 4.41. The SMILES string of the molecule is CCCCN1CCCCC1CNC(=NC)NCCc1ncc(C)s1.I. The quantitative estimate of drug-likeness (QED) is 0.341. The molecule has 144 valence electrons. The van der Waals surface area contributed by atoms with Crippen LogP contribution in [0.3, 0.4) is 0 Å². The molecule has 5 nitrogen and oxygen atoms in total. The van der Waals surface area contributed by atoms with E-state index < -0.39 is 0 Å². The summed E-state index contributed by atoms with van der Waals surface area (Å²) in [5.41, 5.74) is 0. The summed E-state index contributed by atoms with van der Waals surface area (Å²) in [6.45, 7) is 8.72. The molecule has 2 heterocycles. The van der Waals surface area contributed by atoms with Crippen molar-refractivity contribution in [3.05, 3.63) is 16.1 Å². The number of nitrogens with one attached hydrogen (secondary N) is 2. The highest BCUT2D eigenvalue weighted by Gasteiger charge is 2.21. The Morgan fingerprint density at radius 1 is 1.40 bits per heavy atom. The first-order valence-corrected chi connectivity index (χ1v) is 10.1. The van der Waals surface area contributed by atoms with E-state index in [4.69, 9.17) is 0 Å². The Labute approximate surface area is 174 Å². The van der Waals surface area contributed by atoms with Gasteiger partial charge < -0.3 is 10.6 Å². The van der Waals surface area contributed by atoms with Crippen LogP contribution in [0.2, 0.25) is 0 Å². The molecule has 2 N–H and O–H groups in total. The van der Waals surface area contributed by atoms with Gasteiger partial charge in [-0.1, -0.05) is 19.8 Å². The summed E-state index contributed by atoms with van der Waals surface area (Å²) in [7, 11) is 1.85. The maximum absolute atomic E-state index is 4.41. The Bertz CT molecular complexity index is 505. The molecule has 0 saturated carbocycles. The van der Waals surface area contributed by atoms with Crippen molar-refractivity contribution in [2.24, 2.45) is 4.99 Å². The van der Waals surface area contributed by atoms with Crippen molar-refractivity contribution in [3.63, 3.8) is 0 Å². The lowest BCUT2D eigenvalue weighted by atomic mass is 10.0. The molecule has 7 heteroatoms. The van der Waals surface area contributed by atoms with Crippen LogP contribution in [0, 0.1) is 6.92 Å². The summed E-state index contributed by atoms with van der Waals surface area (Å²) in [5.74, 6) is 0.907. The third-order valence-electron chi connectivity index (χ3n) is 4.58. The van der Waals surface area contributed by atoms with Crippen LogP contribution in [0.4, 0.5) is 0 Å². The van der Waals surface area contributed by atoms with E-state index in [-0.39, 0.29) is 24.0 Å². The standard InChI is InChI=1S/C18H33N5S.HI/c1-4-5-11-23-12-7-6-8-16(23)14-22-18(19-3)20-10-9-17-21-13-15(2)24-17;/h13,16H,4-12,14H2,1-3H3,(H2,19,20,22);1H. The van der Waals surface area contributed by atoms with Crippen LogP contribution in [0.1, 0.15) is 48.9 Å². The van der Waals surface area contributed by atoms with Gasteiger partial charge in [0.15, 0.2) is 5.96 Å². The van der Waals surface area contributed by atoms with Gasteiger partial charge in [-0.2, -0.15) is 0 Å². The Kier molecular flexibility index (Phi) is 11.6. The summed E-state index contributed by atoms with van der Waals surface area (Å²) >= 11 is 1.77. The highest BCUT2D eigenvalue weighted by Crippen LogP contribution is 2.17. The van der Waals surface area contributed by atoms with Crippen LogP contribution < -0.4 is 10.6 Å². The Hall–Kier alpha value is -0.410. The van der Waals surface area contributed by atoms with E-state index in [9.17, 15) is 0 Å². The first-order chi connectivity index (χ1) is 11.7. The molecular weight excluding hydrogens is 445 g/mol. The molecule has 1 saturated heterocycles. The zero-order chi connectivity index (χ0) is 17.2. The molecule has 0 amide bonds. The smallest absolute Gasteiger partial charge is 0.191 e. The highest BCUT2D eigenvalue weighted by molar-refractivity contribution is 14.0. The topological polar surface area (TPSA) is 52.5 Å². The number of piperidine rings is 1. The second-order valence-corrected chi connectivity index (χ2v) is 7.85. The molecule has 2 rings (SSSR count). The summed E-state index contributed by atoms with van der Waals surface area (Å²) in [4.78, 5) is 12.7. The number of aliphatic imine (C=N–C) groups is 1. The van der Waals surface area contributed by atoms with Crippen LogP contribution in [-0.4, -0.2) is 55.1 Å². The highest BCUT2D eigenvalue weighted by atomic mass is 127. The average Bonchev–Trinajstić information content (AvgIpc) is 3.02. The number of nitrogens with zero attached hydrogens (tertiary/aromatic N) is 3. The molecule has 0 aromatic carbocycles. The van der Waals surface area contributed by atoms with E-state index in [1.54, 1.807) is 11.3 Å². The lowest BCUT2D eigenvalue weighted by molar-refractivity contribution is 0.147. The molecule has 1 aliphatic rings. The van der Waals surface area contributed by atoms with Crippen molar-refractivity contribution in [1.82, 2.24) is 20.5 Å². The number of hydrogen-bond acceptors (Lipinski definition) is 4. The van der Waals surface area contributed by atoms with Gasteiger partial charge >= 0.3 is 0 Å². The van der Waals surface area contributed by atoms with Gasteiger partial charge in [0.25, 0.3) is 0 Å². The molecule has 1 aliphatic heterocycles. The van der Waals surface area contributed by atoms with E-state index in [1.807, 2.05) is 13.2 Å². The van der Waals surface area contributed by atoms with E-state index in [1.165, 1.54) is 55.1 Å². The third-order valence-corrected chi connectivity index (χ3v) is 5.55. The molecule has 1 atom stereocenters. The number of likely N-dealkylation sites (tertiary alicyclic amines) is 1. The van der Waals surface area contributed by atoms with Crippen molar-refractivity contribution in [3.8, 4) is 0 Å². The van der Waals surface area contributed by atoms with Crippen LogP contribution in [0.5, 0.6) is 0 Å². The van der Waals surface area contributed by atoms with Crippen molar-refractivity contribution < 1.29 is 0 Å². The second kappa shape index (κ2) is 12.9. The van der Waals surface area contributed by atoms with Crippen molar-refractivity contribution in [2.45, 2.75) is 58.4 Å². The van der Waals surface area contributed by atoms with E-state index in [0.29, 0.717) is 6.04 Å². The average molecular weight is 479 g/mol. The van der Waals surface area contributed by atoms with E-state index in [2.05, 4.69) is 39.4 Å². The molecule has 25 heavy (non-hydrogen) atoms. The summed E-state index contributed by atoms with van der Waals surface area (Å²) in [6, 6.07) is 0.644. The number of thiazole rings is 1. The van der Waals surface area contributed by atoms with Gasteiger partial charge in [-0.3, -0.25) is 9.89 Å². The number of halogens is 1. The fourth-order valence-electron chi connectivity index (χ4n) is 3.19. The summed E-state index contributed by atoms with van der Waals surface area (Å²) in [6.07, 6.45) is 9.47. The number of aryl methyl sites for hydroxylation is 1. The molecule has 1 fully saturated rings. The fourth-order valence-corrected chi connectivity index (χ4v) is 3.97. The van der Waals surface area contributed by atoms with Crippen molar-refractivity contribution in [2.75, 3.05) is 33.2 Å². The van der Waals surface area contributed by atoms with Gasteiger partial charge in [0, 0.05) is 43.7 Å². The number of unbranched alkanes of at least 4 members (excludes halogenated alkanes) is 1. The normalized spacial score (nSPS) is 18.7. The molecule has 0 spiro atoms. The largest absolute Gasteiger partial charge is 0.356 e. The Morgan fingerprint density at radius 3 is 2.92 bits per heavy atom. The number of rotatable bonds is 8. The lowest BCUT2D eigenvalue weighted by Gasteiger charge is -2.36. The molecule has 1 aromatic heterocycles. The predicted octanol–water partition coefficient (Wildman–Crippen LogP) is 3.43. The molecule has 0 bridgehead atoms. The van der Waals surface area contributed by atoms with Gasteiger partial charge in [-0.15, -0.1) is 35.3 Å². The lowest BCUT2D eigenvalue weighted by Crippen LogP contribution is -2.49. The monoisotopic (exact) mass is 479 g/mol. The fraction of sp³-hybridized carbons (Fsp3) is 0.778. The summed E-state index contributed by atoms with van der Waals surface area (Å²) in [5, 5.41) is 8.12. The number of guanidine groups is 1. The molecule has 0 aliphatic carbocycles. The van der Waals surface area contributed by atoms with Crippen molar-refractivity contribution in [1.29, 1.82) is 0 Å². The van der Waals surface area contributed by atoms with Gasteiger partial charge in [0.05, 0.1) is 5.01 Å². The maximum Gasteiger partial charge on any atom is 0.191 e. The van der Waals surface area contributed by atoms with Crippen LogP contribution in [0.15, 0.2) is 11.2 Å². The minimum absolute atomic E-state index is 0. The first kappa shape index (κ1) is 22.6. The van der Waals surface area contributed by atoms with Gasteiger partial charge in [-0.05, 0) is 39.3 Å². The molecular formula is C18H34IN5S. The number of hydrogen-bond donors (Lipinski definition) is 2. The van der Waals surface area contributed by atoms with Crippen LogP contribution >= 0.6 is 35.3 Å².